The summed E-state index contributed by atoms with van der Waals surface area (Å²) in [7, 11) is -6.93. The number of carbonyl (C=O) groups excluding carboxylic acids is 1. The number of aromatic nitrogens is 3. The molecule has 1 saturated heterocycles. The molecule has 2 aromatic carbocycles. The molecule has 1 unspecified atom stereocenters. The second kappa shape index (κ2) is 10.2. The van der Waals surface area contributed by atoms with Crippen LogP contribution < -0.4 is 10.5 Å². The molecule has 1 amide bonds. The van der Waals surface area contributed by atoms with E-state index in [1.807, 2.05) is 31.2 Å². The van der Waals surface area contributed by atoms with Gasteiger partial charge < -0.3 is 5.32 Å². The Morgan fingerprint density at radius 3 is 2.41 bits per heavy atom. The predicted molar refractivity (Wildman–Crippen MR) is 149 cm³/mol. The van der Waals surface area contributed by atoms with Gasteiger partial charge >= 0.3 is 0 Å². The fourth-order valence-electron chi connectivity index (χ4n) is 4.85. The molecule has 12 heteroatoms. The van der Waals surface area contributed by atoms with Gasteiger partial charge in [0.05, 0.1) is 44.8 Å². The number of pyridine rings is 1. The number of benzene rings is 2. The lowest BCUT2D eigenvalue weighted by Crippen LogP contribution is -2.26. The maximum Gasteiger partial charge on any atom is 0.252 e. The standard InChI is InChI=1S/C27H29N5O5S2/c1-17-3-7-20(8-4-17)24-15-23(27(33)29-13-11-19-5-9-22(10-6-19)39(28,36)37)25-18(2)31-32(26(25)30-24)21-12-14-38(34,35)16-21/h3-10,15,21H,11-14,16H2,1-2H3,(H,29,33)(H2,28,36,37). The summed E-state index contributed by atoms with van der Waals surface area (Å²) in [6.07, 6.45) is 0.925. The molecule has 39 heavy (non-hydrogen) atoms. The second-order valence-electron chi connectivity index (χ2n) is 9.90. The summed E-state index contributed by atoms with van der Waals surface area (Å²) < 4.78 is 49.0. The third kappa shape index (κ3) is 5.72. The smallest absolute Gasteiger partial charge is 0.252 e. The van der Waals surface area contributed by atoms with Crippen molar-refractivity contribution >= 4 is 36.8 Å². The van der Waals surface area contributed by atoms with Crippen LogP contribution in [0, 0.1) is 13.8 Å². The van der Waals surface area contributed by atoms with Crippen molar-refractivity contribution in [1.82, 2.24) is 20.1 Å². The minimum absolute atomic E-state index is 0.00850. The van der Waals surface area contributed by atoms with Crippen LogP contribution in [0.3, 0.4) is 0 Å². The molecule has 1 fully saturated rings. The van der Waals surface area contributed by atoms with Gasteiger partial charge in [-0.25, -0.2) is 31.6 Å². The van der Waals surface area contributed by atoms with Crippen molar-refractivity contribution in [3.63, 3.8) is 0 Å². The van der Waals surface area contributed by atoms with Gasteiger partial charge in [0.15, 0.2) is 15.5 Å². The summed E-state index contributed by atoms with van der Waals surface area (Å²) >= 11 is 0. The highest BCUT2D eigenvalue weighted by atomic mass is 32.2. The average Bonchev–Trinajstić information content (AvgIpc) is 3.42. The van der Waals surface area contributed by atoms with E-state index in [1.165, 1.54) is 12.1 Å². The third-order valence-corrected chi connectivity index (χ3v) is 9.61. The fourth-order valence-corrected chi connectivity index (χ4v) is 7.06. The lowest BCUT2D eigenvalue weighted by molar-refractivity contribution is 0.0955. The molecule has 5 rings (SSSR count). The highest BCUT2D eigenvalue weighted by Gasteiger charge is 2.32. The first-order valence-corrected chi connectivity index (χ1v) is 15.9. The molecule has 3 N–H and O–H groups in total. The first kappa shape index (κ1) is 27.0. The fraction of sp³-hybridized carbons (Fsp3) is 0.296. The molecule has 1 aliphatic rings. The Morgan fingerprint density at radius 2 is 1.79 bits per heavy atom. The van der Waals surface area contributed by atoms with Gasteiger partial charge in [-0.15, -0.1) is 0 Å². The summed E-state index contributed by atoms with van der Waals surface area (Å²) in [4.78, 5) is 18.4. The van der Waals surface area contributed by atoms with Crippen LogP contribution in [0.5, 0.6) is 0 Å². The molecular weight excluding hydrogens is 538 g/mol. The zero-order chi connectivity index (χ0) is 27.9. The van der Waals surface area contributed by atoms with Gasteiger partial charge in [0, 0.05) is 12.1 Å². The van der Waals surface area contributed by atoms with Crippen molar-refractivity contribution in [2.75, 3.05) is 18.1 Å². The van der Waals surface area contributed by atoms with Crippen molar-refractivity contribution in [3.8, 4) is 11.3 Å². The maximum absolute atomic E-state index is 13.5. The van der Waals surface area contributed by atoms with E-state index in [2.05, 4.69) is 10.4 Å². The Balaban J connectivity index is 1.48. The lowest BCUT2D eigenvalue weighted by Gasteiger charge is -2.13. The molecule has 3 heterocycles. The number of fused-ring (bicyclic) bond motifs is 1. The quantitative estimate of drug-likeness (QED) is 0.348. The second-order valence-corrected chi connectivity index (χ2v) is 13.7. The van der Waals surface area contributed by atoms with E-state index in [-0.39, 0.29) is 28.4 Å². The number of nitrogens with one attached hydrogen (secondary N) is 1. The van der Waals surface area contributed by atoms with Crippen LogP contribution >= 0.6 is 0 Å². The minimum atomic E-state index is -3.77. The van der Waals surface area contributed by atoms with Gasteiger partial charge in [-0.2, -0.15) is 5.10 Å². The van der Waals surface area contributed by atoms with E-state index in [9.17, 15) is 21.6 Å². The number of aryl methyl sites for hydroxylation is 2. The van der Waals surface area contributed by atoms with Crippen LogP contribution in [-0.4, -0.2) is 55.6 Å². The molecule has 1 atom stereocenters. The Hall–Kier alpha value is -3.61. The summed E-state index contributed by atoms with van der Waals surface area (Å²) in [5.74, 6) is -0.217. The molecule has 0 saturated carbocycles. The van der Waals surface area contributed by atoms with E-state index in [0.29, 0.717) is 47.4 Å². The predicted octanol–water partition coefficient (Wildman–Crippen LogP) is 2.69. The number of hydrogen-bond donors (Lipinski definition) is 2. The molecule has 0 bridgehead atoms. The van der Waals surface area contributed by atoms with Crippen LogP contribution in [0.2, 0.25) is 0 Å². The third-order valence-electron chi connectivity index (χ3n) is 6.93. The number of nitrogens with two attached hydrogens (primary N) is 1. The van der Waals surface area contributed by atoms with Crippen LogP contribution in [0.25, 0.3) is 22.3 Å². The largest absolute Gasteiger partial charge is 0.352 e. The van der Waals surface area contributed by atoms with E-state index < -0.39 is 19.9 Å². The number of carbonyl (C=O) groups is 1. The van der Waals surface area contributed by atoms with Crippen LogP contribution in [0.4, 0.5) is 0 Å². The van der Waals surface area contributed by atoms with E-state index >= 15 is 0 Å². The van der Waals surface area contributed by atoms with Gasteiger partial charge in [0.2, 0.25) is 10.0 Å². The SMILES string of the molecule is Cc1ccc(-c2cc(C(=O)NCCc3ccc(S(N)(=O)=O)cc3)c3c(C)nn(C4CCS(=O)(=O)C4)c3n2)cc1. The number of hydrogen-bond acceptors (Lipinski definition) is 7. The highest BCUT2D eigenvalue weighted by Crippen LogP contribution is 2.32. The van der Waals surface area contributed by atoms with E-state index in [1.54, 1.807) is 29.8 Å². The number of sulfonamides is 1. The van der Waals surface area contributed by atoms with Crippen molar-refractivity contribution in [2.24, 2.45) is 5.14 Å². The lowest BCUT2D eigenvalue weighted by atomic mass is 10.0. The molecule has 0 aliphatic carbocycles. The zero-order valence-corrected chi connectivity index (χ0v) is 23.2. The Kier molecular flexibility index (Phi) is 7.04. The van der Waals surface area contributed by atoms with Crippen LogP contribution in [0.15, 0.2) is 59.5 Å². The number of primary sulfonamides is 1. The molecule has 0 radical (unpaired) electrons. The van der Waals surface area contributed by atoms with Crippen molar-refractivity contribution in [3.05, 3.63) is 77.0 Å². The zero-order valence-electron chi connectivity index (χ0n) is 21.6. The van der Waals surface area contributed by atoms with Gasteiger partial charge in [-0.05, 0) is 50.5 Å². The summed E-state index contributed by atoms with van der Waals surface area (Å²) in [6, 6.07) is 15.4. The topological polar surface area (TPSA) is 154 Å². The molecule has 0 spiro atoms. The van der Waals surface area contributed by atoms with Crippen LogP contribution in [0.1, 0.15) is 39.6 Å². The van der Waals surface area contributed by atoms with Crippen molar-refractivity contribution < 1.29 is 21.6 Å². The van der Waals surface area contributed by atoms with Gasteiger partial charge in [-0.1, -0.05) is 42.0 Å². The Labute approximate surface area is 227 Å². The van der Waals surface area contributed by atoms with Crippen molar-refractivity contribution in [1.29, 1.82) is 0 Å². The number of amides is 1. The molecule has 2 aromatic heterocycles. The van der Waals surface area contributed by atoms with Gasteiger partial charge in [0.25, 0.3) is 5.91 Å². The Bertz CT molecular complexity index is 1780. The minimum Gasteiger partial charge on any atom is -0.352 e. The van der Waals surface area contributed by atoms with E-state index in [4.69, 9.17) is 10.1 Å². The first-order valence-electron chi connectivity index (χ1n) is 12.5. The number of rotatable bonds is 7. The normalized spacial score (nSPS) is 16.9. The molecule has 10 nitrogen and oxygen atoms in total. The highest BCUT2D eigenvalue weighted by molar-refractivity contribution is 7.91. The summed E-state index contributed by atoms with van der Waals surface area (Å²) in [5.41, 5.74) is 4.84. The summed E-state index contributed by atoms with van der Waals surface area (Å²) in [5, 5.41) is 13.3. The summed E-state index contributed by atoms with van der Waals surface area (Å²) in [6.45, 7) is 4.09. The Morgan fingerprint density at radius 1 is 1.10 bits per heavy atom. The average molecular weight is 568 g/mol. The molecule has 1 aliphatic heterocycles. The van der Waals surface area contributed by atoms with Gasteiger partial charge in [0.1, 0.15) is 0 Å². The van der Waals surface area contributed by atoms with E-state index in [0.717, 1.165) is 16.7 Å². The maximum atomic E-state index is 13.5. The van der Waals surface area contributed by atoms with Crippen molar-refractivity contribution in [2.45, 2.75) is 37.6 Å². The number of nitrogens with zero attached hydrogens (tertiary/aromatic N) is 3. The molecule has 204 valence electrons. The van der Waals surface area contributed by atoms with Crippen LogP contribution in [-0.2, 0) is 26.3 Å². The molecule has 4 aromatic rings. The van der Waals surface area contributed by atoms with Gasteiger partial charge in [-0.3, -0.25) is 4.79 Å². The first-order chi connectivity index (χ1) is 18.4. The monoisotopic (exact) mass is 567 g/mol. The number of sulfone groups is 1. The molecular formula is C27H29N5O5S2.